The molecule has 25 heavy (non-hydrogen) atoms. The summed E-state index contributed by atoms with van der Waals surface area (Å²) in [6, 6.07) is 6.70. The van der Waals surface area contributed by atoms with E-state index in [0.717, 1.165) is 31.9 Å². The summed E-state index contributed by atoms with van der Waals surface area (Å²) in [5.74, 6) is 0.266. The number of aromatic nitrogens is 2. The van der Waals surface area contributed by atoms with Crippen molar-refractivity contribution in [1.29, 1.82) is 0 Å². The first-order valence-corrected chi connectivity index (χ1v) is 8.69. The third-order valence-corrected chi connectivity index (χ3v) is 5.16. The number of Topliss-reactive ketones (excluding diaryl/α,β-unsaturated/α-hetero) is 1. The third-order valence-electron chi connectivity index (χ3n) is 5.16. The van der Waals surface area contributed by atoms with Crippen molar-refractivity contribution in [3.8, 4) is 0 Å². The van der Waals surface area contributed by atoms with Crippen molar-refractivity contribution in [2.24, 2.45) is 0 Å². The van der Waals surface area contributed by atoms with Gasteiger partial charge in [-0.05, 0) is 31.0 Å². The molecule has 4 rings (SSSR count). The van der Waals surface area contributed by atoms with Gasteiger partial charge in [0.15, 0.2) is 5.78 Å². The van der Waals surface area contributed by atoms with Crippen molar-refractivity contribution in [1.82, 2.24) is 14.9 Å². The minimum absolute atomic E-state index is 0.000527. The maximum atomic E-state index is 14.1. The fourth-order valence-corrected chi connectivity index (χ4v) is 3.62. The average molecular weight is 340 g/mol. The van der Waals surface area contributed by atoms with E-state index in [2.05, 4.69) is 26.8 Å². The molecule has 0 radical (unpaired) electrons. The Balaban J connectivity index is 1.62. The number of benzene rings is 1. The number of nitrogens with zero attached hydrogens (tertiary/aromatic N) is 4. The van der Waals surface area contributed by atoms with Crippen LogP contribution in [0.3, 0.4) is 0 Å². The van der Waals surface area contributed by atoms with E-state index in [1.807, 2.05) is 6.07 Å². The Morgan fingerprint density at radius 1 is 1.12 bits per heavy atom. The Morgan fingerprint density at radius 2 is 1.88 bits per heavy atom. The van der Waals surface area contributed by atoms with Crippen LogP contribution in [-0.2, 0) is 6.42 Å². The molecule has 0 spiro atoms. The van der Waals surface area contributed by atoms with Gasteiger partial charge < -0.3 is 9.80 Å². The maximum Gasteiger partial charge on any atom is 0.225 e. The number of halogens is 1. The number of ketones is 1. The summed E-state index contributed by atoms with van der Waals surface area (Å²) >= 11 is 0. The van der Waals surface area contributed by atoms with E-state index in [4.69, 9.17) is 0 Å². The smallest absolute Gasteiger partial charge is 0.225 e. The molecule has 0 N–H and O–H groups in total. The Labute approximate surface area is 146 Å². The second kappa shape index (κ2) is 6.52. The van der Waals surface area contributed by atoms with E-state index in [1.165, 1.54) is 6.07 Å². The number of likely N-dealkylation sites (N-methyl/N-ethyl adjacent to an activating group) is 1. The summed E-state index contributed by atoms with van der Waals surface area (Å²) in [6.07, 6.45) is 2.53. The van der Waals surface area contributed by atoms with E-state index in [0.29, 0.717) is 29.9 Å². The van der Waals surface area contributed by atoms with Gasteiger partial charge in [-0.2, -0.15) is 0 Å². The van der Waals surface area contributed by atoms with Gasteiger partial charge in [-0.15, -0.1) is 0 Å². The average Bonchev–Trinajstić information content (AvgIpc) is 2.62. The molecule has 6 heteroatoms. The molecule has 1 aromatic heterocycles. The lowest BCUT2D eigenvalue weighted by Crippen LogP contribution is -2.45. The molecule has 5 nitrogen and oxygen atoms in total. The van der Waals surface area contributed by atoms with Crippen LogP contribution < -0.4 is 4.90 Å². The minimum atomic E-state index is -0.253. The quantitative estimate of drug-likeness (QED) is 0.839. The van der Waals surface area contributed by atoms with Crippen LogP contribution >= 0.6 is 0 Å². The second-order valence-corrected chi connectivity index (χ2v) is 6.87. The molecule has 0 unspecified atom stereocenters. The zero-order chi connectivity index (χ0) is 17.4. The molecule has 1 fully saturated rings. The SMILES string of the molecule is CN1CCN(c2ncc3c(n2)C[C@@H](c2ccccc2F)CC3=O)CC1. The summed E-state index contributed by atoms with van der Waals surface area (Å²) in [6.45, 7) is 3.69. The lowest BCUT2D eigenvalue weighted by Gasteiger charge is -2.33. The van der Waals surface area contributed by atoms with Gasteiger partial charge in [0.1, 0.15) is 5.82 Å². The molecular formula is C19H21FN4O. The van der Waals surface area contributed by atoms with Gasteiger partial charge in [0, 0.05) is 38.8 Å². The molecule has 0 saturated carbocycles. The molecule has 0 amide bonds. The van der Waals surface area contributed by atoms with E-state index in [1.54, 1.807) is 18.3 Å². The molecule has 2 aliphatic rings. The molecule has 0 bridgehead atoms. The number of rotatable bonds is 2. The van der Waals surface area contributed by atoms with Crippen LogP contribution in [-0.4, -0.2) is 53.9 Å². The molecule has 2 aromatic rings. The van der Waals surface area contributed by atoms with Gasteiger partial charge >= 0.3 is 0 Å². The lowest BCUT2D eigenvalue weighted by atomic mass is 9.82. The standard InChI is InChI=1S/C19H21FN4O/c1-23-6-8-24(9-7-23)19-21-12-15-17(22-19)10-13(11-18(15)25)14-4-2-3-5-16(14)20/h2-5,12-13H,6-11H2,1H3/t13-/m1/s1. The summed E-state index contributed by atoms with van der Waals surface area (Å²) in [5.41, 5.74) is 1.93. The predicted octanol–water partition coefficient (Wildman–Crippen LogP) is 2.28. The Bertz CT molecular complexity index is 802. The van der Waals surface area contributed by atoms with Gasteiger partial charge in [-0.3, -0.25) is 4.79 Å². The molecule has 1 aliphatic heterocycles. The first-order valence-electron chi connectivity index (χ1n) is 8.69. The van der Waals surface area contributed by atoms with Crippen LogP contribution in [0.25, 0.3) is 0 Å². The van der Waals surface area contributed by atoms with Gasteiger partial charge in [0.25, 0.3) is 0 Å². The second-order valence-electron chi connectivity index (χ2n) is 6.87. The number of piperazine rings is 1. The molecule has 130 valence electrons. The highest BCUT2D eigenvalue weighted by molar-refractivity contribution is 5.98. The van der Waals surface area contributed by atoms with Crippen LogP contribution in [0.15, 0.2) is 30.5 Å². The van der Waals surface area contributed by atoms with Crippen LogP contribution in [0.1, 0.15) is 34.0 Å². The minimum Gasteiger partial charge on any atom is -0.338 e. The van der Waals surface area contributed by atoms with Crippen molar-refractivity contribution in [3.05, 3.63) is 53.1 Å². The van der Waals surface area contributed by atoms with Crippen molar-refractivity contribution in [2.45, 2.75) is 18.8 Å². The van der Waals surface area contributed by atoms with Crippen LogP contribution in [0.2, 0.25) is 0 Å². The van der Waals surface area contributed by atoms with Gasteiger partial charge in [-0.1, -0.05) is 18.2 Å². The number of hydrogen-bond donors (Lipinski definition) is 0. The highest BCUT2D eigenvalue weighted by Gasteiger charge is 2.30. The molecule has 2 heterocycles. The van der Waals surface area contributed by atoms with Crippen molar-refractivity contribution in [2.75, 3.05) is 38.1 Å². The summed E-state index contributed by atoms with van der Waals surface area (Å²) < 4.78 is 14.1. The van der Waals surface area contributed by atoms with E-state index in [9.17, 15) is 9.18 Å². The molecule has 1 atom stereocenters. The van der Waals surface area contributed by atoms with E-state index < -0.39 is 0 Å². The van der Waals surface area contributed by atoms with Crippen LogP contribution in [0.4, 0.5) is 10.3 Å². The van der Waals surface area contributed by atoms with Gasteiger partial charge in [0.2, 0.25) is 5.95 Å². The zero-order valence-corrected chi connectivity index (χ0v) is 14.3. The van der Waals surface area contributed by atoms with Crippen molar-refractivity contribution in [3.63, 3.8) is 0 Å². The highest BCUT2D eigenvalue weighted by Crippen LogP contribution is 2.33. The lowest BCUT2D eigenvalue weighted by molar-refractivity contribution is 0.0962. The summed E-state index contributed by atoms with van der Waals surface area (Å²) in [4.78, 5) is 26.0. The van der Waals surface area contributed by atoms with Crippen LogP contribution in [0.5, 0.6) is 0 Å². The van der Waals surface area contributed by atoms with Gasteiger partial charge in [0.05, 0.1) is 11.3 Å². The number of hydrogen-bond acceptors (Lipinski definition) is 5. The normalized spacial score (nSPS) is 21.3. The van der Waals surface area contributed by atoms with E-state index >= 15 is 0 Å². The van der Waals surface area contributed by atoms with Crippen LogP contribution in [0, 0.1) is 5.82 Å². The third kappa shape index (κ3) is 3.14. The predicted molar refractivity (Wildman–Crippen MR) is 93.5 cm³/mol. The number of carbonyl (C=O) groups excluding carboxylic acids is 1. The highest BCUT2D eigenvalue weighted by atomic mass is 19.1. The molecule has 1 aliphatic carbocycles. The maximum absolute atomic E-state index is 14.1. The topological polar surface area (TPSA) is 49.3 Å². The Kier molecular flexibility index (Phi) is 4.21. The largest absolute Gasteiger partial charge is 0.338 e. The van der Waals surface area contributed by atoms with Crippen molar-refractivity contribution >= 4 is 11.7 Å². The Hall–Kier alpha value is -2.34. The summed E-state index contributed by atoms with van der Waals surface area (Å²) in [7, 11) is 2.10. The van der Waals surface area contributed by atoms with Crippen molar-refractivity contribution < 1.29 is 9.18 Å². The molecule has 1 saturated heterocycles. The number of fused-ring (bicyclic) bond motifs is 1. The molecular weight excluding hydrogens is 319 g/mol. The Morgan fingerprint density at radius 3 is 2.64 bits per heavy atom. The first kappa shape index (κ1) is 16.1. The van der Waals surface area contributed by atoms with Gasteiger partial charge in [-0.25, -0.2) is 14.4 Å². The first-order chi connectivity index (χ1) is 12.1. The number of anilines is 1. The molecule has 1 aromatic carbocycles. The number of carbonyl (C=O) groups is 1. The zero-order valence-electron chi connectivity index (χ0n) is 14.3. The monoisotopic (exact) mass is 340 g/mol. The summed E-state index contributed by atoms with van der Waals surface area (Å²) in [5, 5.41) is 0. The fraction of sp³-hybridized carbons (Fsp3) is 0.421. The fourth-order valence-electron chi connectivity index (χ4n) is 3.62. The van der Waals surface area contributed by atoms with E-state index in [-0.39, 0.29) is 17.5 Å².